The molecule has 0 aliphatic rings. The molecule has 144 valence electrons. The first-order valence-corrected chi connectivity index (χ1v) is 9.75. The van der Waals surface area contributed by atoms with Crippen molar-refractivity contribution in [1.82, 2.24) is 9.88 Å². The van der Waals surface area contributed by atoms with E-state index in [0.717, 1.165) is 42.0 Å². The Morgan fingerprint density at radius 3 is 2.50 bits per heavy atom. The number of pyridine rings is 1. The number of nitrogens with zero attached hydrogens (tertiary/aromatic N) is 3. The highest BCUT2D eigenvalue weighted by Crippen LogP contribution is 2.27. The molecule has 0 radical (unpaired) electrons. The summed E-state index contributed by atoms with van der Waals surface area (Å²) in [6.45, 7) is 1.94. The molecular formula is C23H25ClN4. The molecular weight excluding hydrogens is 368 g/mol. The lowest BCUT2D eigenvalue weighted by molar-refractivity contribution is 0.405. The SMILES string of the molecule is CN(C)CCCNc1ccccc1C(=Nc1cccnc1Cl)c1ccccc1. The quantitative estimate of drug-likeness (QED) is 0.322. The highest BCUT2D eigenvalue weighted by molar-refractivity contribution is 6.32. The molecule has 0 amide bonds. The molecule has 0 unspecified atom stereocenters. The van der Waals surface area contributed by atoms with Gasteiger partial charge in [0, 0.05) is 29.6 Å². The van der Waals surface area contributed by atoms with E-state index in [0.29, 0.717) is 10.8 Å². The van der Waals surface area contributed by atoms with Gasteiger partial charge in [-0.15, -0.1) is 0 Å². The Morgan fingerprint density at radius 1 is 1.00 bits per heavy atom. The third-order valence-electron chi connectivity index (χ3n) is 4.30. The van der Waals surface area contributed by atoms with E-state index in [1.807, 2.05) is 42.5 Å². The lowest BCUT2D eigenvalue weighted by atomic mass is 10.00. The van der Waals surface area contributed by atoms with Gasteiger partial charge in [0.05, 0.1) is 5.71 Å². The van der Waals surface area contributed by atoms with Crippen LogP contribution < -0.4 is 5.32 Å². The topological polar surface area (TPSA) is 40.5 Å². The predicted molar refractivity (Wildman–Crippen MR) is 119 cm³/mol. The zero-order chi connectivity index (χ0) is 19.8. The summed E-state index contributed by atoms with van der Waals surface area (Å²) in [5.41, 5.74) is 4.66. The van der Waals surface area contributed by atoms with E-state index in [9.17, 15) is 0 Å². The molecule has 3 aromatic rings. The zero-order valence-electron chi connectivity index (χ0n) is 16.3. The number of hydrogen-bond acceptors (Lipinski definition) is 4. The van der Waals surface area contributed by atoms with E-state index in [1.54, 1.807) is 6.20 Å². The summed E-state index contributed by atoms with van der Waals surface area (Å²) >= 11 is 6.28. The van der Waals surface area contributed by atoms with E-state index < -0.39 is 0 Å². The normalized spacial score (nSPS) is 11.6. The van der Waals surface area contributed by atoms with Gasteiger partial charge in [0.2, 0.25) is 0 Å². The van der Waals surface area contributed by atoms with Gasteiger partial charge in [0.1, 0.15) is 5.69 Å². The molecule has 4 nitrogen and oxygen atoms in total. The van der Waals surface area contributed by atoms with Crippen molar-refractivity contribution in [2.24, 2.45) is 4.99 Å². The number of halogens is 1. The number of aliphatic imine (C=N–C) groups is 1. The van der Waals surface area contributed by atoms with Gasteiger partial charge in [0.25, 0.3) is 0 Å². The second-order valence-corrected chi connectivity index (χ2v) is 7.13. The number of hydrogen-bond donors (Lipinski definition) is 1. The van der Waals surface area contributed by atoms with Crippen molar-refractivity contribution in [3.8, 4) is 0 Å². The number of aromatic nitrogens is 1. The van der Waals surface area contributed by atoms with Crippen LogP contribution in [0.15, 0.2) is 77.9 Å². The Morgan fingerprint density at radius 2 is 1.75 bits per heavy atom. The van der Waals surface area contributed by atoms with E-state index in [1.165, 1.54) is 0 Å². The first kappa shape index (κ1) is 20.1. The second kappa shape index (κ2) is 10.0. The van der Waals surface area contributed by atoms with Crippen molar-refractivity contribution in [2.75, 3.05) is 32.5 Å². The maximum absolute atomic E-state index is 6.28. The third kappa shape index (κ3) is 5.41. The average molecular weight is 393 g/mol. The van der Waals surface area contributed by atoms with Crippen LogP contribution in [0, 0.1) is 0 Å². The van der Waals surface area contributed by atoms with Crippen LogP contribution in [-0.2, 0) is 0 Å². The summed E-state index contributed by atoms with van der Waals surface area (Å²) in [4.78, 5) is 11.2. The van der Waals surface area contributed by atoms with E-state index in [2.05, 4.69) is 53.6 Å². The fraction of sp³-hybridized carbons (Fsp3) is 0.217. The van der Waals surface area contributed by atoms with Gasteiger partial charge in [-0.05, 0) is 45.3 Å². The maximum Gasteiger partial charge on any atom is 0.154 e. The average Bonchev–Trinajstić information content (AvgIpc) is 2.72. The number of anilines is 1. The summed E-state index contributed by atoms with van der Waals surface area (Å²) in [5, 5.41) is 3.96. The molecule has 0 aliphatic carbocycles. The van der Waals surface area contributed by atoms with E-state index >= 15 is 0 Å². The molecule has 0 bridgehead atoms. The van der Waals surface area contributed by atoms with Gasteiger partial charge in [0.15, 0.2) is 5.15 Å². The molecule has 0 saturated heterocycles. The van der Waals surface area contributed by atoms with Crippen LogP contribution in [0.1, 0.15) is 17.5 Å². The van der Waals surface area contributed by atoms with Crippen LogP contribution in [0.25, 0.3) is 0 Å². The molecule has 1 N–H and O–H groups in total. The molecule has 2 aromatic carbocycles. The van der Waals surface area contributed by atoms with Crippen molar-refractivity contribution in [3.63, 3.8) is 0 Å². The standard InChI is InChI=1S/C23H25ClN4/c1-28(2)17-9-16-25-20-13-7-6-12-19(20)22(18-10-4-3-5-11-18)27-21-14-8-15-26-23(21)24/h3-8,10-15,25H,9,16-17H2,1-2H3. The van der Waals surface area contributed by atoms with Crippen LogP contribution in [0.2, 0.25) is 5.15 Å². The Kier molecular flexibility index (Phi) is 7.18. The number of nitrogens with one attached hydrogen (secondary N) is 1. The van der Waals surface area contributed by atoms with Crippen molar-refractivity contribution < 1.29 is 0 Å². The molecule has 0 aliphatic heterocycles. The number of para-hydroxylation sites is 1. The molecule has 1 heterocycles. The monoisotopic (exact) mass is 392 g/mol. The molecule has 28 heavy (non-hydrogen) atoms. The van der Waals surface area contributed by atoms with Crippen molar-refractivity contribution in [2.45, 2.75) is 6.42 Å². The lowest BCUT2D eigenvalue weighted by Gasteiger charge is -2.16. The second-order valence-electron chi connectivity index (χ2n) is 6.77. The third-order valence-corrected chi connectivity index (χ3v) is 4.59. The summed E-state index contributed by atoms with van der Waals surface area (Å²) < 4.78 is 0. The molecule has 5 heteroatoms. The predicted octanol–water partition coefficient (Wildman–Crippen LogP) is 5.27. The summed E-state index contributed by atoms with van der Waals surface area (Å²) in [6, 6.07) is 22.1. The molecule has 0 atom stereocenters. The smallest absolute Gasteiger partial charge is 0.154 e. The van der Waals surface area contributed by atoms with Crippen LogP contribution in [0.4, 0.5) is 11.4 Å². The first-order chi connectivity index (χ1) is 13.6. The summed E-state index contributed by atoms with van der Waals surface area (Å²) in [5.74, 6) is 0. The Labute approximate surface area is 171 Å². The molecule has 0 fully saturated rings. The van der Waals surface area contributed by atoms with Crippen LogP contribution in [-0.4, -0.2) is 42.8 Å². The van der Waals surface area contributed by atoms with Gasteiger partial charge in [-0.3, -0.25) is 0 Å². The first-order valence-electron chi connectivity index (χ1n) is 9.38. The van der Waals surface area contributed by atoms with Gasteiger partial charge < -0.3 is 10.2 Å². The van der Waals surface area contributed by atoms with Crippen LogP contribution >= 0.6 is 11.6 Å². The van der Waals surface area contributed by atoms with Gasteiger partial charge in [-0.2, -0.15) is 0 Å². The minimum Gasteiger partial charge on any atom is -0.384 e. The number of rotatable bonds is 8. The van der Waals surface area contributed by atoms with Crippen molar-refractivity contribution in [1.29, 1.82) is 0 Å². The van der Waals surface area contributed by atoms with E-state index in [-0.39, 0.29) is 0 Å². The minimum atomic E-state index is 0.396. The summed E-state index contributed by atoms with van der Waals surface area (Å²) in [7, 11) is 4.18. The molecule has 3 rings (SSSR count). The van der Waals surface area contributed by atoms with Crippen molar-refractivity contribution in [3.05, 3.63) is 89.2 Å². The fourth-order valence-corrected chi connectivity index (χ4v) is 3.08. The molecule has 1 aromatic heterocycles. The highest BCUT2D eigenvalue weighted by Gasteiger charge is 2.13. The zero-order valence-corrected chi connectivity index (χ0v) is 17.0. The molecule has 0 spiro atoms. The Bertz CT molecular complexity index is 923. The van der Waals surface area contributed by atoms with Crippen molar-refractivity contribution >= 4 is 28.7 Å². The fourth-order valence-electron chi connectivity index (χ4n) is 2.92. The number of benzene rings is 2. The van der Waals surface area contributed by atoms with Gasteiger partial charge in [-0.25, -0.2) is 9.98 Å². The van der Waals surface area contributed by atoms with Gasteiger partial charge >= 0.3 is 0 Å². The van der Waals surface area contributed by atoms with Gasteiger partial charge in [-0.1, -0.05) is 60.1 Å². The van der Waals surface area contributed by atoms with Crippen LogP contribution in [0.3, 0.4) is 0 Å². The lowest BCUT2D eigenvalue weighted by Crippen LogP contribution is -2.17. The summed E-state index contributed by atoms with van der Waals surface area (Å²) in [6.07, 6.45) is 2.73. The largest absolute Gasteiger partial charge is 0.384 e. The Hall–Kier alpha value is -2.69. The maximum atomic E-state index is 6.28. The van der Waals surface area contributed by atoms with Crippen LogP contribution in [0.5, 0.6) is 0 Å². The minimum absolute atomic E-state index is 0.396. The molecule has 0 saturated carbocycles. The Balaban J connectivity index is 1.99. The van der Waals surface area contributed by atoms with E-state index in [4.69, 9.17) is 16.6 Å². The highest BCUT2D eigenvalue weighted by atomic mass is 35.5.